The minimum atomic E-state index is -1.28. The lowest BCUT2D eigenvalue weighted by Crippen LogP contribution is -2.34. The van der Waals surface area contributed by atoms with Gasteiger partial charge in [-0.2, -0.15) is 0 Å². The molecule has 0 aromatic heterocycles. The molecule has 1 aliphatic carbocycles. The molecule has 0 aromatic rings. The first kappa shape index (κ1) is 32.7. The summed E-state index contributed by atoms with van der Waals surface area (Å²) in [6.07, 6.45) is 18.8. The van der Waals surface area contributed by atoms with Gasteiger partial charge in [0.2, 0.25) is 0 Å². The normalized spacial score (nSPS) is 21.2. The summed E-state index contributed by atoms with van der Waals surface area (Å²) >= 11 is 0. The number of ether oxygens (including phenoxy) is 2. The first-order chi connectivity index (χ1) is 17.4. The Labute approximate surface area is 227 Å². The molecule has 0 aromatic carbocycles. The van der Waals surface area contributed by atoms with Gasteiger partial charge in [0.25, 0.3) is 0 Å². The number of carbonyl (C=O) groups is 2. The lowest BCUT2D eigenvalue weighted by molar-refractivity contribution is -0.164. The van der Waals surface area contributed by atoms with Crippen LogP contribution in [0.4, 0.5) is 0 Å². The number of methoxy groups -OCH3 is 2. The van der Waals surface area contributed by atoms with Gasteiger partial charge in [0, 0.05) is 11.3 Å². The predicted octanol–water partition coefficient (Wildman–Crippen LogP) is 8.85. The van der Waals surface area contributed by atoms with Crippen molar-refractivity contribution in [1.29, 1.82) is 0 Å². The van der Waals surface area contributed by atoms with Crippen molar-refractivity contribution in [1.82, 2.24) is 0 Å². The molecule has 0 aliphatic heterocycles. The number of allylic oxidation sites excluding steroid dienone is 10. The van der Waals surface area contributed by atoms with Crippen molar-refractivity contribution >= 4 is 11.9 Å². The standard InChI is InChI=1S/C33H52O4/c1-24(2)15-11-17-26(5)19-13-20-28(7)23-29-32(8,33(29,30(34)36-9)31(35)37-10)22-14-21-27(6)18-12-16-25(3)4/h15-16,19,21,23,29H,11-14,17-18,20,22H2,1-10H3. The molecule has 0 saturated heterocycles. The lowest BCUT2D eigenvalue weighted by atomic mass is 9.89. The SMILES string of the molecule is COC(=O)C1(C(=O)OC)C(C=C(C)CCC=C(C)CCC=C(C)C)C1(C)CCC=C(C)CCC=C(C)C. The Hall–Kier alpha value is -2.36. The molecule has 1 rings (SSSR count). The van der Waals surface area contributed by atoms with E-state index in [2.05, 4.69) is 78.8 Å². The average molecular weight is 513 g/mol. The first-order valence-corrected chi connectivity index (χ1v) is 13.8. The van der Waals surface area contributed by atoms with Crippen molar-refractivity contribution in [3.63, 3.8) is 0 Å². The quantitative estimate of drug-likeness (QED) is 0.125. The third-order valence-corrected chi connectivity index (χ3v) is 7.81. The molecule has 4 heteroatoms. The van der Waals surface area contributed by atoms with Gasteiger partial charge in [-0.15, -0.1) is 0 Å². The molecule has 0 spiro atoms. The van der Waals surface area contributed by atoms with Crippen LogP contribution in [0, 0.1) is 16.7 Å². The van der Waals surface area contributed by atoms with Crippen LogP contribution in [0.1, 0.15) is 107 Å². The summed E-state index contributed by atoms with van der Waals surface area (Å²) in [6, 6.07) is 0. The van der Waals surface area contributed by atoms with Crippen molar-refractivity contribution < 1.29 is 19.1 Å². The Morgan fingerprint density at radius 3 is 1.49 bits per heavy atom. The smallest absolute Gasteiger partial charge is 0.324 e. The Balaban J connectivity index is 3.03. The van der Waals surface area contributed by atoms with E-state index in [4.69, 9.17) is 9.47 Å². The molecule has 1 fully saturated rings. The van der Waals surface area contributed by atoms with Gasteiger partial charge in [0.05, 0.1) is 14.2 Å². The van der Waals surface area contributed by atoms with E-state index in [0.717, 1.165) is 51.4 Å². The van der Waals surface area contributed by atoms with Crippen molar-refractivity contribution in [2.75, 3.05) is 14.2 Å². The van der Waals surface area contributed by atoms with E-state index in [0.29, 0.717) is 0 Å². The molecule has 0 bridgehead atoms. The summed E-state index contributed by atoms with van der Waals surface area (Å²) in [7, 11) is 2.71. The molecule has 4 nitrogen and oxygen atoms in total. The van der Waals surface area contributed by atoms with Gasteiger partial charge in [-0.3, -0.25) is 9.59 Å². The molecule has 37 heavy (non-hydrogen) atoms. The Kier molecular flexibility index (Phi) is 13.4. The molecule has 1 saturated carbocycles. The first-order valence-electron chi connectivity index (χ1n) is 13.8. The minimum absolute atomic E-state index is 0.234. The fraction of sp³-hybridized carbons (Fsp3) is 0.636. The van der Waals surface area contributed by atoms with Crippen molar-refractivity contribution in [3.05, 3.63) is 58.2 Å². The zero-order chi connectivity index (χ0) is 28.2. The van der Waals surface area contributed by atoms with Crippen LogP contribution in [-0.2, 0) is 19.1 Å². The molecule has 2 atom stereocenters. The molecule has 0 radical (unpaired) electrons. The molecular formula is C33H52O4. The van der Waals surface area contributed by atoms with Gasteiger partial charge in [-0.1, -0.05) is 65.2 Å². The number of esters is 2. The summed E-state index contributed by atoms with van der Waals surface area (Å²) in [5.41, 5.74) is 4.78. The Bertz CT molecular complexity index is 919. The summed E-state index contributed by atoms with van der Waals surface area (Å²) in [5, 5.41) is 0. The summed E-state index contributed by atoms with van der Waals surface area (Å²) in [5.74, 6) is -1.22. The van der Waals surface area contributed by atoms with Gasteiger partial charge in [-0.25, -0.2) is 0 Å². The van der Waals surface area contributed by atoms with Gasteiger partial charge in [0.15, 0.2) is 5.41 Å². The fourth-order valence-electron chi connectivity index (χ4n) is 5.42. The van der Waals surface area contributed by atoms with Gasteiger partial charge < -0.3 is 9.47 Å². The Morgan fingerprint density at radius 1 is 0.649 bits per heavy atom. The largest absolute Gasteiger partial charge is 0.468 e. The van der Waals surface area contributed by atoms with Gasteiger partial charge in [0.1, 0.15) is 0 Å². The maximum absolute atomic E-state index is 13.1. The highest BCUT2D eigenvalue weighted by Gasteiger charge is 2.82. The van der Waals surface area contributed by atoms with Crippen LogP contribution < -0.4 is 0 Å². The third-order valence-electron chi connectivity index (χ3n) is 7.81. The highest BCUT2D eigenvalue weighted by molar-refractivity contribution is 6.06. The van der Waals surface area contributed by atoms with Crippen LogP contribution in [0.3, 0.4) is 0 Å². The third kappa shape index (κ3) is 8.86. The molecule has 2 unspecified atom stereocenters. The van der Waals surface area contributed by atoms with Crippen LogP contribution in [0.2, 0.25) is 0 Å². The average Bonchev–Trinajstić information content (AvgIpc) is 3.34. The van der Waals surface area contributed by atoms with Crippen molar-refractivity contribution in [3.8, 4) is 0 Å². The van der Waals surface area contributed by atoms with E-state index in [1.807, 2.05) is 6.92 Å². The van der Waals surface area contributed by atoms with Gasteiger partial charge >= 0.3 is 11.9 Å². The minimum Gasteiger partial charge on any atom is -0.468 e. The lowest BCUT2D eigenvalue weighted by Gasteiger charge is -2.17. The number of carbonyl (C=O) groups excluding carboxylic acids is 2. The van der Waals surface area contributed by atoms with E-state index < -0.39 is 22.8 Å². The maximum atomic E-state index is 13.1. The molecule has 208 valence electrons. The summed E-state index contributed by atoms with van der Waals surface area (Å²) in [4.78, 5) is 26.1. The number of hydrogen-bond donors (Lipinski definition) is 0. The zero-order valence-corrected chi connectivity index (χ0v) is 25.3. The van der Waals surface area contributed by atoms with Crippen molar-refractivity contribution in [2.45, 2.75) is 107 Å². The molecule has 0 heterocycles. The van der Waals surface area contributed by atoms with Gasteiger partial charge in [-0.05, 0) is 99.8 Å². The van der Waals surface area contributed by atoms with Crippen LogP contribution in [-0.4, -0.2) is 26.2 Å². The molecule has 1 aliphatic rings. The molecule has 0 N–H and O–H groups in total. The molecular weight excluding hydrogens is 460 g/mol. The highest BCUT2D eigenvalue weighted by Crippen LogP contribution is 2.73. The summed E-state index contributed by atoms with van der Waals surface area (Å²) in [6.45, 7) is 17.0. The Morgan fingerprint density at radius 2 is 1.05 bits per heavy atom. The second-order valence-corrected chi connectivity index (χ2v) is 11.5. The zero-order valence-electron chi connectivity index (χ0n) is 25.3. The van der Waals surface area contributed by atoms with Crippen LogP contribution in [0.25, 0.3) is 0 Å². The fourth-order valence-corrected chi connectivity index (χ4v) is 5.42. The van der Waals surface area contributed by atoms with E-state index in [1.54, 1.807) is 0 Å². The van der Waals surface area contributed by atoms with E-state index in [1.165, 1.54) is 42.1 Å². The van der Waals surface area contributed by atoms with Crippen LogP contribution in [0.15, 0.2) is 58.2 Å². The van der Waals surface area contributed by atoms with E-state index >= 15 is 0 Å². The topological polar surface area (TPSA) is 52.6 Å². The summed E-state index contributed by atoms with van der Waals surface area (Å²) < 4.78 is 10.3. The maximum Gasteiger partial charge on any atom is 0.324 e. The second kappa shape index (κ2) is 15.1. The highest BCUT2D eigenvalue weighted by atomic mass is 16.5. The second-order valence-electron chi connectivity index (χ2n) is 11.5. The van der Waals surface area contributed by atoms with Crippen LogP contribution >= 0.6 is 0 Å². The van der Waals surface area contributed by atoms with Crippen molar-refractivity contribution in [2.24, 2.45) is 16.7 Å². The van der Waals surface area contributed by atoms with E-state index in [-0.39, 0.29) is 5.92 Å². The molecule has 0 amide bonds. The number of rotatable bonds is 15. The number of hydrogen-bond acceptors (Lipinski definition) is 4. The van der Waals surface area contributed by atoms with E-state index in [9.17, 15) is 9.59 Å². The monoisotopic (exact) mass is 512 g/mol. The predicted molar refractivity (Wildman–Crippen MR) is 155 cm³/mol. The van der Waals surface area contributed by atoms with Crippen LogP contribution in [0.5, 0.6) is 0 Å².